The van der Waals surface area contributed by atoms with Gasteiger partial charge in [-0.15, -0.1) is 10.2 Å². The Hall–Kier alpha value is -1.15. The second-order valence-corrected chi connectivity index (χ2v) is 4.47. The highest BCUT2D eigenvalue weighted by atomic mass is 19.4. The van der Waals surface area contributed by atoms with Gasteiger partial charge < -0.3 is 10.3 Å². The molecule has 0 saturated heterocycles. The van der Waals surface area contributed by atoms with E-state index in [9.17, 15) is 13.2 Å². The highest BCUT2D eigenvalue weighted by Crippen LogP contribution is 2.29. The van der Waals surface area contributed by atoms with Crippen LogP contribution in [-0.4, -0.2) is 44.5 Å². The first-order valence-electron chi connectivity index (χ1n) is 5.86. The van der Waals surface area contributed by atoms with Gasteiger partial charge in [0.25, 0.3) is 0 Å². The average molecular weight is 263 g/mol. The largest absolute Gasteiger partial charge is 0.405 e. The van der Waals surface area contributed by atoms with Crippen molar-refractivity contribution in [2.75, 3.05) is 6.54 Å². The first-order chi connectivity index (χ1) is 8.43. The van der Waals surface area contributed by atoms with Gasteiger partial charge in [-0.25, -0.2) is 0 Å². The Morgan fingerprint density at radius 3 is 2.78 bits per heavy atom. The Morgan fingerprint density at radius 1 is 1.44 bits per heavy atom. The van der Waals surface area contributed by atoms with Gasteiger partial charge in [0.15, 0.2) is 0 Å². The van der Waals surface area contributed by atoms with Crippen LogP contribution in [0.4, 0.5) is 13.2 Å². The molecule has 0 fully saturated rings. The van der Waals surface area contributed by atoms with Crippen molar-refractivity contribution in [2.24, 2.45) is 5.73 Å². The van der Waals surface area contributed by atoms with Crippen LogP contribution in [0.5, 0.6) is 0 Å². The summed E-state index contributed by atoms with van der Waals surface area (Å²) in [6.07, 6.45) is -2.50. The molecule has 1 aromatic heterocycles. The number of nitrogens with zero attached hydrogens (tertiary/aromatic N) is 4. The molecule has 0 aromatic carbocycles. The zero-order valence-electron chi connectivity index (χ0n) is 10.1. The van der Waals surface area contributed by atoms with Crippen molar-refractivity contribution >= 4 is 0 Å². The molecule has 0 radical (unpaired) electrons. The third-order valence-corrected chi connectivity index (χ3v) is 3.27. The second kappa shape index (κ2) is 4.85. The van der Waals surface area contributed by atoms with E-state index in [0.717, 1.165) is 0 Å². The molecular formula is C10H16F3N5. The van der Waals surface area contributed by atoms with E-state index in [2.05, 4.69) is 10.2 Å². The maximum Gasteiger partial charge on any atom is 0.405 e. The van der Waals surface area contributed by atoms with Gasteiger partial charge >= 0.3 is 6.18 Å². The van der Waals surface area contributed by atoms with Gasteiger partial charge in [-0.2, -0.15) is 13.2 Å². The van der Waals surface area contributed by atoms with Gasteiger partial charge in [0.05, 0.1) is 6.54 Å². The van der Waals surface area contributed by atoms with Crippen molar-refractivity contribution in [3.63, 3.8) is 0 Å². The molecule has 1 aliphatic rings. The number of aromatic nitrogens is 3. The summed E-state index contributed by atoms with van der Waals surface area (Å²) in [6.45, 7) is 2.57. The topological polar surface area (TPSA) is 60.0 Å². The van der Waals surface area contributed by atoms with Crippen LogP contribution in [0.3, 0.4) is 0 Å². The van der Waals surface area contributed by atoms with Crippen LogP contribution < -0.4 is 5.73 Å². The first kappa shape index (κ1) is 13.3. The Bertz CT molecular complexity index is 402. The van der Waals surface area contributed by atoms with E-state index >= 15 is 0 Å². The van der Waals surface area contributed by atoms with Crippen LogP contribution in [0.25, 0.3) is 0 Å². The van der Waals surface area contributed by atoms with Gasteiger partial charge in [0.2, 0.25) is 0 Å². The molecule has 2 rings (SSSR count). The van der Waals surface area contributed by atoms with Gasteiger partial charge in [-0.05, 0) is 6.42 Å². The molecule has 18 heavy (non-hydrogen) atoms. The van der Waals surface area contributed by atoms with Crippen LogP contribution in [0, 0.1) is 0 Å². The minimum absolute atomic E-state index is 0.137. The summed E-state index contributed by atoms with van der Waals surface area (Å²) in [6, 6.07) is -2.53. The van der Waals surface area contributed by atoms with E-state index in [-0.39, 0.29) is 13.0 Å². The van der Waals surface area contributed by atoms with Crippen molar-refractivity contribution in [2.45, 2.75) is 44.7 Å². The Labute approximate surface area is 103 Å². The minimum atomic E-state index is -4.32. The fourth-order valence-corrected chi connectivity index (χ4v) is 2.27. The van der Waals surface area contributed by atoms with E-state index in [1.54, 1.807) is 11.5 Å². The third kappa shape index (κ3) is 2.49. The van der Waals surface area contributed by atoms with Crippen LogP contribution in [-0.2, 0) is 13.1 Å². The molecule has 1 aromatic rings. The van der Waals surface area contributed by atoms with E-state index < -0.39 is 18.3 Å². The normalized spacial score (nSPS) is 20.5. The standard InChI is InChI=1S/C10H16F3N5/c1-2-7(14)9(10(11,12)13)17-3-4-18-6-15-16-8(18)5-17/h6-7,9H,2-5,14H2,1H3. The summed E-state index contributed by atoms with van der Waals surface area (Å²) < 4.78 is 41.0. The third-order valence-electron chi connectivity index (χ3n) is 3.27. The molecule has 8 heteroatoms. The number of alkyl halides is 3. The summed E-state index contributed by atoms with van der Waals surface area (Å²) in [5.74, 6) is 0.554. The SMILES string of the molecule is CCC(N)C(N1CCn2cnnc2C1)C(F)(F)F. The lowest BCUT2D eigenvalue weighted by Gasteiger charge is -2.38. The van der Waals surface area contributed by atoms with Crippen LogP contribution >= 0.6 is 0 Å². The van der Waals surface area contributed by atoms with E-state index in [1.165, 1.54) is 11.2 Å². The lowest BCUT2D eigenvalue weighted by atomic mass is 10.0. The van der Waals surface area contributed by atoms with Gasteiger partial charge in [-0.3, -0.25) is 4.90 Å². The molecule has 2 atom stereocenters. The van der Waals surface area contributed by atoms with Crippen molar-refractivity contribution in [1.82, 2.24) is 19.7 Å². The minimum Gasteiger partial charge on any atom is -0.326 e. The van der Waals surface area contributed by atoms with E-state index in [4.69, 9.17) is 5.73 Å². The quantitative estimate of drug-likeness (QED) is 0.874. The number of hydrogen-bond acceptors (Lipinski definition) is 4. The van der Waals surface area contributed by atoms with Gasteiger partial charge in [-0.1, -0.05) is 6.92 Å². The van der Waals surface area contributed by atoms with E-state index in [0.29, 0.717) is 18.9 Å². The molecule has 0 bridgehead atoms. The van der Waals surface area contributed by atoms with Crippen molar-refractivity contribution in [3.8, 4) is 0 Å². The van der Waals surface area contributed by atoms with Crippen molar-refractivity contribution in [3.05, 3.63) is 12.2 Å². The molecule has 1 aliphatic heterocycles. The number of rotatable bonds is 3. The van der Waals surface area contributed by atoms with Gasteiger partial charge in [0.1, 0.15) is 18.2 Å². The average Bonchev–Trinajstić information content (AvgIpc) is 2.74. The number of hydrogen-bond donors (Lipinski definition) is 1. The van der Waals surface area contributed by atoms with E-state index in [1.807, 2.05) is 0 Å². The molecule has 2 N–H and O–H groups in total. The highest BCUT2D eigenvalue weighted by Gasteiger charge is 2.47. The monoisotopic (exact) mass is 263 g/mol. The van der Waals surface area contributed by atoms with Crippen molar-refractivity contribution in [1.29, 1.82) is 0 Å². The first-order valence-corrected chi connectivity index (χ1v) is 5.86. The smallest absolute Gasteiger partial charge is 0.326 e. The molecule has 2 heterocycles. The molecule has 2 unspecified atom stereocenters. The lowest BCUT2D eigenvalue weighted by Crippen LogP contribution is -2.57. The highest BCUT2D eigenvalue weighted by molar-refractivity contribution is 4.96. The molecular weight excluding hydrogens is 247 g/mol. The van der Waals surface area contributed by atoms with Crippen LogP contribution in [0.1, 0.15) is 19.2 Å². The Morgan fingerprint density at radius 2 is 2.17 bits per heavy atom. The maximum atomic E-state index is 13.1. The summed E-state index contributed by atoms with van der Waals surface area (Å²) in [5, 5.41) is 7.52. The number of fused-ring (bicyclic) bond motifs is 1. The van der Waals surface area contributed by atoms with Crippen LogP contribution in [0.2, 0.25) is 0 Å². The predicted molar refractivity (Wildman–Crippen MR) is 58.5 cm³/mol. The summed E-state index contributed by atoms with van der Waals surface area (Å²) in [4.78, 5) is 1.35. The molecule has 0 amide bonds. The summed E-state index contributed by atoms with van der Waals surface area (Å²) in [7, 11) is 0. The molecule has 5 nitrogen and oxygen atoms in total. The molecule has 0 spiro atoms. The summed E-state index contributed by atoms with van der Waals surface area (Å²) >= 11 is 0. The zero-order valence-corrected chi connectivity index (χ0v) is 10.1. The predicted octanol–water partition coefficient (Wildman–Crippen LogP) is 0.762. The number of halogens is 3. The van der Waals surface area contributed by atoms with Crippen LogP contribution in [0.15, 0.2) is 6.33 Å². The van der Waals surface area contributed by atoms with Crippen molar-refractivity contribution < 1.29 is 13.2 Å². The lowest BCUT2D eigenvalue weighted by molar-refractivity contribution is -0.193. The molecule has 0 aliphatic carbocycles. The zero-order chi connectivity index (χ0) is 13.3. The van der Waals surface area contributed by atoms with Gasteiger partial charge in [0, 0.05) is 19.1 Å². The Kier molecular flexibility index (Phi) is 3.58. The molecule has 0 saturated carbocycles. The summed E-state index contributed by atoms with van der Waals surface area (Å²) in [5.41, 5.74) is 5.62. The fraction of sp³-hybridized carbons (Fsp3) is 0.800. The number of nitrogens with two attached hydrogens (primary N) is 1. The molecule has 102 valence electrons. The maximum absolute atomic E-state index is 13.1. The fourth-order valence-electron chi connectivity index (χ4n) is 2.27. The Balaban J connectivity index is 2.18. The second-order valence-electron chi connectivity index (χ2n) is 4.47.